The highest BCUT2D eigenvalue weighted by Crippen LogP contribution is 2.18. The number of halogens is 1. The first-order chi connectivity index (χ1) is 7.27. The summed E-state index contributed by atoms with van der Waals surface area (Å²) in [6.07, 6.45) is -0.0689. The van der Waals surface area contributed by atoms with Crippen LogP contribution in [0.1, 0.15) is 11.6 Å². The minimum Gasteiger partial charge on any atom is -0.374 e. The third-order valence-corrected chi connectivity index (χ3v) is 2.59. The van der Waals surface area contributed by atoms with E-state index in [0.717, 1.165) is 18.7 Å². The van der Waals surface area contributed by atoms with E-state index >= 15 is 0 Å². The van der Waals surface area contributed by atoms with Crippen molar-refractivity contribution in [3.05, 3.63) is 35.6 Å². The van der Waals surface area contributed by atoms with Crippen LogP contribution in [0.25, 0.3) is 0 Å². The Bertz CT molecular complexity index is 326. The Balaban J connectivity index is 2.08. The van der Waals surface area contributed by atoms with E-state index in [1.54, 1.807) is 6.07 Å². The average Bonchev–Trinajstić information content (AvgIpc) is 2.29. The number of hydrogen-bond donors (Lipinski definition) is 2. The SMILES string of the molecule is NC(c1cccc(F)c1)C1CNCCO1. The Morgan fingerprint density at radius 2 is 2.40 bits per heavy atom. The molecule has 2 rings (SSSR count). The van der Waals surface area contributed by atoms with Gasteiger partial charge in [-0.15, -0.1) is 0 Å². The molecule has 0 bridgehead atoms. The van der Waals surface area contributed by atoms with Crippen molar-refractivity contribution in [3.63, 3.8) is 0 Å². The van der Waals surface area contributed by atoms with Crippen LogP contribution in [0.5, 0.6) is 0 Å². The molecule has 0 amide bonds. The quantitative estimate of drug-likeness (QED) is 0.759. The zero-order chi connectivity index (χ0) is 10.7. The first kappa shape index (κ1) is 10.5. The van der Waals surface area contributed by atoms with E-state index in [0.29, 0.717) is 6.61 Å². The van der Waals surface area contributed by atoms with Crippen molar-refractivity contribution < 1.29 is 9.13 Å². The fraction of sp³-hybridized carbons (Fsp3) is 0.455. The molecule has 2 unspecified atom stereocenters. The Hall–Kier alpha value is -0.970. The molecule has 1 saturated heterocycles. The molecule has 1 aliphatic rings. The maximum absolute atomic E-state index is 13.0. The van der Waals surface area contributed by atoms with E-state index in [2.05, 4.69) is 5.32 Å². The van der Waals surface area contributed by atoms with Crippen molar-refractivity contribution in [1.29, 1.82) is 0 Å². The largest absolute Gasteiger partial charge is 0.374 e. The number of hydrogen-bond acceptors (Lipinski definition) is 3. The second kappa shape index (κ2) is 4.70. The number of rotatable bonds is 2. The average molecular weight is 210 g/mol. The summed E-state index contributed by atoms with van der Waals surface area (Å²) >= 11 is 0. The fourth-order valence-electron chi connectivity index (χ4n) is 1.74. The molecule has 1 fully saturated rings. The van der Waals surface area contributed by atoms with Crippen LogP contribution in [0.3, 0.4) is 0 Å². The lowest BCUT2D eigenvalue weighted by molar-refractivity contribution is 0.0122. The van der Waals surface area contributed by atoms with E-state index in [1.807, 2.05) is 6.07 Å². The van der Waals surface area contributed by atoms with Crippen molar-refractivity contribution in [1.82, 2.24) is 5.32 Å². The molecule has 1 heterocycles. The summed E-state index contributed by atoms with van der Waals surface area (Å²) in [5, 5.41) is 3.20. The van der Waals surface area contributed by atoms with Crippen LogP contribution in [0.15, 0.2) is 24.3 Å². The van der Waals surface area contributed by atoms with Gasteiger partial charge in [0.05, 0.1) is 18.8 Å². The molecule has 0 spiro atoms. The molecule has 1 aliphatic heterocycles. The molecular weight excluding hydrogens is 195 g/mol. The van der Waals surface area contributed by atoms with Gasteiger partial charge >= 0.3 is 0 Å². The third kappa shape index (κ3) is 2.53. The predicted octanol–water partition coefficient (Wildman–Crippen LogP) is 0.814. The van der Waals surface area contributed by atoms with Crippen LogP contribution >= 0.6 is 0 Å². The standard InChI is InChI=1S/C11H15FN2O/c12-9-3-1-2-8(6-9)11(13)10-7-14-4-5-15-10/h1-3,6,10-11,14H,4-5,7,13H2. The highest BCUT2D eigenvalue weighted by atomic mass is 19.1. The van der Waals surface area contributed by atoms with Gasteiger partial charge < -0.3 is 15.8 Å². The summed E-state index contributed by atoms with van der Waals surface area (Å²) in [7, 11) is 0. The van der Waals surface area contributed by atoms with Crippen molar-refractivity contribution in [2.45, 2.75) is 12.1 Å². The van der Waals surface area contributed by atoms with Crippen LogP contribution in [0.4, 0.5) is 4.39 Å². The van der Waals surface area contributed by atoms with Gasteiger partial charge in [-0.1, -0.05) is 12.1 Å². The second-order valence-corrected chi connectivity index (χ2v) is 3.69. The minimum absolute atomic E-state index is 0.0689. The summed E-state index contributed by atoms with van der Waals surface area (Å²) in [6.45, 7) is 2.23. The van der Waals surface area contributed by atoms with Crippen LogP contribution in [0, 0.1) is 5.82 Å². The molecule has 82 valence electrons. The van der Waals surface area contributed by atoms with Crippen molar-refractivity contribution in [2.75, 3.05) is 19.7 Å². The fourth-order valence-corrected chi connectivity index (χ4v) is 1.74. The molecule has 0 aliphatic carbocycles. The van der Waals surface area contributed by atoms with Gasteiger partial charge in [0.2, 0.25) is 0 Å². The number of ether oxygens (including phenoxy) is 1. The highest BCUT2D eigenvalue weighted by Gasteiger charge is 2.22. The lowest BCUT2D eigenvalue weighted by Crippen LogP contribution is -2.44. The van der Waals surface area contributed by atoms with E-state index in [4.69, 9.17) is 10.5 Å². The van der Waals surface area contributed by atoms with E-state index < -0.39 is 0 Å². The predicted molar refractivity (Wildman–Crippen MR) is 55.9 cm³/mol. The van der Waals surface area contributed by atoms with Gasteiger partial charge in [0.1, 0.15) is 5.82 Å². The molecule has 2 atom stereocenters. The first-order valence-corrected chi connectivity index (χ1v) is 5.11. The second-order valence-electron chi connectivity index (χ2n) is 3.69. The summed E-state index contributed by atoms with van der Waals surface area (Å²) in [5.74, 6) is -0.258. The number of nitrogens with one attached hydrogen (secondary N) is 1. The van der Waals surface area contributed by atoms with Gasteiger partial charge in [0.25, 0.3) is 0 Å². The molecule has 0 radical (unpaired) electrons. The number of benzene rings is 1. The summed E-state index contributed by atoms with van der Waals surface area (Å²) < 4.78 is 18.5. The summed E-state index contributed by atoms with van der Waals surface area (Å²) in [5.41, 5.74) is 6.79. The van der Waals surface area contributed by atoms with Crippen molar-refractivity contribution in [3.8, 4) is 0 Å². The molecule has 4 heteroatoms. The first-order valence-electron chi connectivity index (χ1n) is 5.11. The van der Waals surface area contributed by atoms with E-state index in [9.17, 15) is 4.39 Å². The van der Waals surface area contributed by atoms with Gasteiger partial charge in [-0.05, 0) is 17.7 Å². The van der Waals surface area contributed by atoms with Crippen LogP contribution < -0.4 is 11.1 Å². The summed E-state index contributed by atoms with van der Waals surface area (Å²) in [4.78, 5) is 0. The minimum atomic E-state index is -0.270. The van der Waals surface area contributed by atoms with Gasteiger partial charge in [0.15, 0.2) is 0 Å². The van der Waals surface area contributed by atoms with Crippen molar-refractivity contribution in [2.24, 2.45) is 5.73 Å². The molecule has 0 aromatic heterocycles. The van der Waals surface area contributed by atoms with Crippen molar-refractivity contribution >= 4 is 0 Å². The lowest BCUT2D eigenvalue weighted by Gasteiger charge is -2.28. The van der Waals surface area contributed by atoms with E-state index in [1.165, 1.54) is 12.1 Å². The molecule has 3 nitrogen and oxygen atoms in total. The monoisotopic (exact) mass is 210 g/mol. The summed E-state index contributed by atoms with van der Waals surface area (Å²) in [6, 6.07) is 6.10. The van der Waals surface area contributed by atoms with Gasteiger partial charge in [-0.2, -0.15) is 0 Å². The Kier molecular flexibility index (Phi) is 3.30. The number of morpholine rings is 1. The zero-order valence-electron chi connectivity index (χ0n) is 8.45. The van der Waals surface area contributed by atoms with Crippen LogP contribution in [-0.4, -0.2) is 25.8 Å². The molecule has 15 heavy (non-hydrogen) atoms. The molecular formula is C11H15FN2O. The lowest BCUT2D eigenvalue weighted by atomic mass is 10.0. The third-order valence-electron chi connectivity index (χ3n) is 2.59. The van der Waals surface area contributed by atoms with Gasteiger partial charge in [-0.25, -0.2) is 4.39 Å². The maximum atomic E-state index is 13.0. The Labute approximate surface area is 88.4 Å². The molecule has 1 aromatic rings. The topological polar surface area (TPSA) is 47.3 Å². The van der Waals surface area contributed by atoms with Crippen LogP contribution in [-0.2, 0) is 4.74 Å². The van der Waals surface area contributed by atoms with Gasteiger partial charge in [-0.3, -0.25) is 0 Å². The Morgan fingerprint density at radius 1 is 1.53 bits per heavy atom. The maximum Gasteiger partial charge on any atom is 0.123 e. The molecule has 1 aromatic carbocycles. The van der Waals surface area contributed by atoms with E-state index in [-0.39, 0.29) is 18.0 Å². The zero-order valence-corrected chi connectivity index (χ0v) is 8.45. The number of nitrogens with two attached hydrogens (primary N) is 1. The normalized spacial score (nSPS) is 23.7. The highest BCUT2D eigenvalue weighted by molar-refractivity contribution is 5.21. The molecule has 3 N–H and O–H groups in total. The Morgan fingerprint density at radius 3 is 3.07 bits per heavy atom. The van der Waals surface area contributed by atoms with Gasteiger partial charge in [0, 0.05) is 13.1 Å². The van der Waals surface area contributed by atoms with Crippen LogP contribution in [0.2, 0.25) is 0 Å². The molecule has 0 saturated carbocycles. The smallest absolute Gasteiger partial charge is 0.123 e.